The van der Waals surface area contributed by atoms with Crippen LogP contribution in [0.2, 0.25) is 0 Å². The molecule has 1 aliphatic rings. The Morgan fingerprint density at radius 3 is 2.75 bits per heavy atom. The number of nitrogens with zero attached hydrogens (tertiary/aromatic N) is 1. The summed E-state index contributed by atoms with van der Waals surface area (Å²) in [5.74, 6) is -0.0857. The van der Waals surface area contributed by atoms with E-state index in [9.17, 15) is 4.79 Å². The van der Waals surface area contributed by atoms with Crippen molar-refractivity contribution in [3.8, 4) is 0 Å². The lowest BCUT2D eigenvalue weighted by atomic mass is 9.98. The first kappa shape index (κ1) is 11.1. The van der Waals surface area contributed by atoms with E-state index in [4.69, 9.17) is 5.73 Å². The summed E-state index contributed by atoms with van der Waals surface area (Å²) < 4.78 is 0. The van der Waals surface area contributed by atoms with E-state index in [2.05, 4.69) is 10.3 Å². The summed E-state index contributed by atoms with van der Waals surface area (Å²) in [7, 11) is 0. The Morgan fingerprint density at radius 2 is 2.12 bits per heavy atom. The number of aromatic nitrogens is 1. The van der Waals surface area contributed by atoms with E-state index in [1.54, 1.807) is 12.4 Å². The number of nitrogens with one attached hydrogen (secondary N) is 1. The van der Waals surface area contributed by atoms with Crippen LogP contribution in [-0.2, 0) is 4.79 Å². The zero-order chi connectivity index (χ0) is 11.6. The smallest absolute Gasteiger partial charge is 0.244 e. The molecular formula is C12H17N3O. The maximum Gasteiger partial charge on any atom is 0.244 e. The Bertz CT molecular complexity index is 397. The average molecular weight is 219 g/mol. The highest BCUT2D eigenvalue weighted by atomic mass is 16.2. The maximum absolute atomic E-state index is 12.0. The van der Waals surface area contributed by atoms with Crippen molar-refractivity contribution < 1.29 is 4.79 Å². The zero-order valence-electron chi connectivity index (χ0n) is 9.49. The Balaban J connectivity index is 2.07. The maximum atomic E-state index is 12.0. The molecule has 0 bridgehead atoms. The monoisotopic (exact) mass is 219 g/mol. The summed E-state index contributed by atoms with van der Waals surface area (Å²) in [6.45, 7) is 1.94. The summed E-state index contributed by atoms with van der Waals surface area (Å²) in [6, 6.07) is 1.89. The van der Waals surface area contributed by atoms with Gasteiger partial charge in [-0.15, -0.1) is 0 Å². The van der Waals surface area contributed by atoms with Crippen LogP contribution in [0, 0.1) is 6.92 Å². The van der Waals surface area contributed by atoms with E-state index >= 15 is 0 Å². The number of pyridine rings is 1. The molecule has 86 valence electrons. The number of amides is 1. The molecular weight excluding hydrogens is 202 g/mol. The summed E-state index contributed by atoms with van der Waals surface area (Å²) in [5.41, 5.74) is 7.13. The van der Waals surface area contributed by atoms with Crippen LogP contribution in [0.25, 0.3) is 0 Å². The minimum absolute atomic E-state index is 0.0857. The Hall–Kier alpha value is -1.42. The fraction of sp³-hybridized carbons (Fsp3) is 0.500. The lowest BCUT2D eigenvalue weighted by molar-refractivity contribution is -0.121. The van der Waals surface area contributed by atoms with Gasteiger partial charge in [-0.1, -0.05) is 12.8 Å². The van der Waals surface area contributed by atoms with E-state index in [1.165, 1.54) is 0 Å². The molecule has 1 aliphatic carbocycles. The molecule has 4 nitrogen and oxygen atoms in total. The number of carbonyl (C=O) groups is 1. The molecule has 1 aromatic heterocycles. The second-order valence-corrected chi connectivity index (χ2v) is 4.57. The summed E-state index contributed by atoms with van der Waals surface area (Å²) in [6.07, 6.45) is 7.02. The number of hydrogen-bond donors (Lipinski definition) is 2. The molecule has 0 spiro atoms. The fourth-order valence-corrected chi connectivity index (χ4v) is 2.11. The topological polar surface area (TPSA) is 68.0 Å². The first-order chi connectivity index (χ1) is 7.60. The van der Waals surface area contributed by atoms with Crippen LogP contribution in [0.1, 0.15) is 31.2 Å². The third kappa shape index (κ3) is 2.22. The van der Waals surface area contributed by atoms with E-state index in [0.717, 1.165) is 36.9 Å². The molecule has 0 aliphatic heterocycles. The van der Waals surface area contributed by atoms with Crippen molar-refractivity contribution in [3.63, 3.8) is 0 Å². The predicted octanol–water partition coefficient (Wildman–Crippen LogP) is 1.60. The minimum Gasteiger partial charge on any atom is -0.323 e. The minimum atomic E-state index is -0.677. The van der Waals surface area contributed by atoms with Gasteiger partial charge in [-0.25, -0.2) is 0 Å². The van der Waals surface area contributed by atoms with Crippen molar-refractivity contribution in [2.24, 2.45) is 5.73 Å². The molecule has 1 amide bonds. The molecule has 0 atom stereocenters. The molecule has 0 radical (unpaired) electrons. The molecule has 0 aromatic carbocycles. The number of carbonyl (C=O) groups excluding carboxylic acids is 1. The van der Waals surface area contributed by atoms with Crippen LogP contribution in [-0.4, -0.2) is 16.4 Å². The van der Waals surface area contributed by atoms with Crippen molar-refractivity contribution in [2.45, 2.75) is 38.1 Å². The summed E-state index contributed by atoms with van der Waals surface area (Å²) in [4.78, 5) is 16.0. The van der Waals surface area contributed by atoms with Crippen LogP contribution in [0.5, 0.6) is 0 Å². The van der Waals surface area contributed by atoms with Crippen molar-refractivity contribution in [1.29, 1.82) is 0 Å². The molecule has 0 saturated heterocycles. The van der Waals surface area contributed by atoms with Gasteiger partial charge in [0.1, 0.15) is 0 Å². The molecule has 2 rings (SSSR count). The highest BCUT2D eigenvalue weighted by Crippen LogP contribution is 2.28. The molecule has 1 heterocycles. The molecule has 3 N–H and O–H groups in total. The van der Waals surface area contributed by atoms with Crippen LogP contribution < -0.4 is 11.1 Å². The first-order valence-electron chi connectivity index (χ1n) is 5.62. The molecule has 1 aromatic rings. The average Bonchev–Trinajstić information content (AvgIpc) is 2.66. The normalized spacial score (nSPS) is 18.4. The Morgan fingerprint density at radius 1 is 1.44 bits per heavy atom. The number of nitrogens with two attached hydrogens (primary N) is 1. The second-order valence-electron chi connectivity index (χ2n) is 4.57. The van der Waals surface area contributed by atoms with E-state index < -0.39 is 5.54 Å². The number of anilines is 1. The van der Waals surface area contributed by atoms with Gasteiger partial charge in [0.25, 0.3) is 0 Å². The van der Waals surface area contributed by atoms with Crippen LogP contribution in [0.3, 0.4) is 0 Å². The standard InChI is InChI=1S/C12H17N3O/c1-9-6-10(8-14-7-9)15-11(16)12(13)4-2-3-5-12/h6-8H,2-5,13H2,1H3,(H,15,16). The largest absolute Gasteiger partial charge is 0.323 e. The predicted molar refractivity (Wildman–Crippen MR) is 63.0 cm³/mol. The van der Waals surface area contributed by atoms with Gasteiger partial charge in [-0.05, 0) is 31.4 Å². The zero-order valence-corrected chi connectivity index (χ0v) is 9.49. The van der Waals surface area contributed by atoms with Gasteiger partial charge in [0.05, 0.1) is 17.4 Å². The summed E-state index contributed by atoms with van der Waals surface area (Å²) >= 11 is 0. The van der Waals surface area contributed by atoms with Crippen molar-refractivity contribution in [3.05, 3.63) is 24.0 Å². The lowest BCUT2D eigenvalue weighted by Crippen LogP contribution is -2.48. The van der Waals surface area contributed by atoms with E-state index in [0.29, 0.717) is 0 Å². The van der Waals surface area contributed by atoms with E-state index in [1.807, 2.05) is 13.0 Å². The third-order valence-corrected chi connectivity index (χ3v) is 3.08. The number of rotatable bonds is 2. The van der Waals surface area contributed by atoms with E-state index in [-0.39, 0.29) is 5.91 Å². The highest BCUT2D eigenvalue weighted by molar-refractivity contribution is 5.98. The van der Waals surface area contributed by atoms with Gasteiger partial charge in [0, 0.05) is 6.20 Å². The van der Waals surface area contributed by atoms with Crippen molar-refractivity contribution in [2.75, 3.05) is 5.32 Å². The van der Waals surface area contributed by atoms with Crippen molar-refractivity contribution >= 4 is 11.6 Å². The highest BCUT2D eigenvalue weighted by Gasteiger charge is 2.36. The number of hydrogen-bond acceptors (Lipinski definition) is 3. The van der Waals surface area contributed by atoms with Gasteiger partial charge < -0.3 is 11.1 Å². The first-order valence-corrected chi connectivity index (χ1v) is 5.62. The SMILES string of the molecule is Cc1cncc(NC(=O)C2(N)CCCC2)c1. The molecule has 1 saturated carbocycles. The molecule has 16 heavy (non-hydrogen) atoms. The van der Waals surface area contributed by atoms with Crippen LogP contribution in [0.15, 0.2) is 18.5 Å². The van der Waals surface area contributed by atoms with Gasteiger partial charge in [-0.2, -0.15) is 0 Å². The molecule has 4 heteroatoms. The third-order valence-electron chi connectivity index (χ3n) is 3.08. The lowest BCUT2D eigenvalue weighted by Gasteiger charge is -2.22. The molecule has 0 unspecified atom stereocenters. The van der Waals surface area contributed by atoms with Crippen molar-refractivity contribution in [1.82, 2.24) is 4.98 Å². The second kappa shape index (κ2) is 4.22. The quantitative estimate of drug-likeness (QED) is 0.793. The fourth-order valence-electron chi connectivity index (χ4n) is 2.11. The van der Waals surface area contributed by atoms with Crippen LogP contribution >= 0.6 is 0 Å². The molecule has 1 fully saturated rings. The van der Waals surface area contributed by atoms with Gasteiger partial charge in [0.15, 0.2) is 0 Å². The summed E-state index contributed by atoms with van der Waals surface area (Å²) in [5, 5.41) is 2.84. The number of aryl methyl sites for hydroxylation is 1. The van der Waals surface area contributed by atoms with Gasteiger partial charge >= 0.3 is 0 Å². The van der Waals surface area contributed by atoms with Gasteiger partial charge in [-0.3, -0.25) is 9.78 Å². The van der Waals surface area contributed by atoms with Crippen LogP contribution in [0.4, 0.5) is 5.69 Å². The Labute approximate surface area is 95.3 Å². The Kier molecular flexibility index (Phi) is 2.92. The van der Waals surface area contributed by atoms with Gasteiger partial charge in [0.2, 0.25) is 5.91 Å².